The second-order valence-corrected chi connectivity index (χ2v) is 4.50. The number of hydrogen-bond acceptors (Lipinski definition) is 2. The fourth-order valence-corrected chi connectivity index (χ4v) is 1.96. The highest BCUT2D eigenvalue weighted by Crippen LogP contribution is 2.14. The summed E-state index contributed by atoms with van der Waals surface area (Å²) < 4.78 is 2.01. The Morgan fingerprint density at radius 1 is 1.11 bits per heavy atom. The Morgan fingerprint density at radius 3 is 2.72 bits per heavy atom. The quantitative estimate of drug-likeness (QED) is 0.777. The van der Waals surface area contributed by atoms with Crippen molar-refractivity contribution in [2.24, 2.45) is 0 Å². The molecule has 0 radical (unpaired) electrons. The Labute approximate surface area is 110 Å². The molecule has 0 fully saturated rings. The number of pyridine rings is 1. The number of rotatable bonds is 3. The standard InChI is InChI=1S/C14H12ClN3/c15-11-4-6-12(7-5-11)16-9-13-10-18-8-2-1-3-14(18)17-13/h1-8,10,16H,9H2. The van der Waals surface area contributed by atoms with Gasteiger partial charge in [-0.3, -0.25) is 0 Å². The van der Waals surface area contributed by atoms with Gasteiger partial charge >= 0.3 is 0 Å². The highest BCUT2D eigenvalue weighted by atomic mass is 35.5. The summed E-state index contributed by atoms with van der Waals surface area (Å²) >= 11 is 5.84. The van der Waals surface area contributed by atoms with Crippen molar-refractivity contribution in [3.05, 3.63) is 65.6 Å². The number of halogens is 1. The number of imidazole rings is 1. The first-order valence-corrected chi connectivity index (χ1v) is 6.11. The third-order valence-corrected chi connectivity index (χ3v) is 2.98. The van der Waals surface area contributed by atoms with Crippen LogP contribution in [0.4, 0.5) is 5.69 Å². The van der Waals surface area contributed by atoms with E-state index in [1.807, 2.05) is 59.3 Å². The van der Waals surface area contributed by atoms with Gasteiger partial charge < -0.3 is 9.72 Å². The maximum atomic E-state index is 5.84. The van der Waals surface area contributed by atoms with E-state index in [9.17, 15) is 0 Å². The third kappa shape index (κ3) is 2.31. The summed E-state index contributed by atoms with van der Waals surface area (Å²) in [6.07, 6.45) is 4.02. The van der Waals surface area contributed by atoms with Gasteiger partial charge in [0.2, 0.25) is 0 Å². The second-order valence-electron chi connectivity index (χ2n) is 4.06. The van der Waals surface area contributed by atoms with Crippen molar-refractivity contribution in [1.29, 1.82) is 0 Å². The van der Waals surface area contributed by atoms with Crippen molar-refractivity contribution in [3.63, 3.8) is 0 Å². The highest BCUT2D eigenvalue weighted by Gasteiger charge is 2.00. The van der Waals surface area contributed by atoms with Crippen molar-refractivity contribution >= 4 is 22.9 Å². The molecular formula is C14H12ClN3. The second kappa shape index (κ2) is 4.70. The van der Waals surface area contributed by atoms with E-state index >= 15 is 0 Å². The molecule has 0 atom stereocenters. The molecule has 90 valence electrons. The monoisotopic (exact) mass is 257 g/mol. The summed E-state index contributed by atoms with van der Waals surface area (Å²) in [6, 6.07) is 13.6. The third-order valence-electron chi connectivity index (χ3n) is 2.73. The number of aromatic nitrogens is 2. The highest BCUT2D eigenvalue weighted by molar-refractivity contribution is 6.30. The molecule has 0 unspecified atom stereocenters. The summed E-state index contributed by atoms with van der Waals surface area (Å²) in [7, 11) is 0. The Balaban J connectivity index is 1.74. The molecule has 3 rings (SSSR count). The molecule has 1 N–H and O–H groups in total. The van der Waals surface area contributed by atoms with Crippen LogP contribution in [0.2, 0.25) is 5.02 Å². The van der Waals surface area contributed by atoms with E-state index in [1.165, 1.54) is 0 Å². The van der Waals surface area contributed by atoms with Gasteiger partial charge in [-0.25, -0.2) is 4.98 Å². The van der Waals surface area contributed by atoms with Gasteiger partial charge in [0, 0.05) is 23.1 Å². The van der Waals surface area contributed by atoms with Crippen LogP contribution >= 0.6 is 11.6 Å². The van der Waals surface area contributed by atoms with Crippen LogP contribution < -0.4 is 5.32 Å². The molecule has 3 nitrogen and oxygen atoms in total. The van der Waals surface area contributed by atoms with E-state index in [-0.39, 0.29) is 0 Å². The molecule has 0 saturated heterocycles. The van der Waals surface area contributed by atoms with Crippen molar-refractivity contribution in [2.75, 3.05) is 5.32 Å². The van der Waals surface area contributed by atoms with E-state index < -0.39 is 0 Å². The molecular weight excluding hydrogens is 246 g/mol. The molecule has 0 spiro atoms. The molecule has 1 aromatic carbocycles. The zero-order valence-electron chi connectivity index (χ0n) is 9.68. The molecule has 4 heteroatoms. The van der Waals surface area contributed by atoms with Gasteiger partial charge in [-0.2, -0.15) is 0 Å². The van der Waals surface area contributed by atoms with Gasteiger partial charge in [0.1, 0.15) is 5.65 Å². The first-order chi connectivity index (χ1) is 8.81. The lowest BCUT2D eigenvalue weighted by molar-refractivity contribution is 1.08. The Morgan fingerprint density at radius 2 is 1.94 bits per heavy atom. The largest absolute Gasteiger partial charge is 0.379 e. The van der Waals surface area contributed by atoms with Gasteiger partial charge in [-0.15, -0.1) is 0 Å². The van der Waals surface area contributed by atoms with Crippen molar-refractivity contribution in [3.8, 4) is 0 Å². The van der Waals surface area contributed by atoms with Crippen LogP contribution in [0.15, 0.2) is 54.9 Å². The smallest absolute Gasteiger partial charge is 0.137 e. The first-order valence-electron chi connectivity index (χ1n) is 5.73. The van der Waals surface area contributed by atoms with Gasteiger partial charge in [0.25, 0.3) is 0 Å². The molecule has 0 saturated carbocycles. The van der Waals surface area contributed by atoms with E-state index in [4.69, 9.17) is 11.6 Å². The number of anilines is 1. The summed E-state index contributed by atoms with van der Waals surface area (Å²) in [5.74, 6) is 0. The molecule has 0 aliphatic carbocycles. The van der Waals surface area contributed by atoms with Gasteiger partial charge in [-0.05, 0) is 36.4 Å². The number of nitrogens with one attached hydrogen (secondary N) is 1. The minimum Gasteiger partial charge on any atom is -0.379 e. The molecule has 0 aliphatic heterocycles. The van der Waals surface area contributed by atoms with E-state index in [0.29, 0.717) is 6.54 Å². The number of hydrogen-bond donors (Lipinski definition) is 1. The topological polar surface area (TPSA) is 29.3 Å². The number of benzene rings is 1. The zero-order chi connectivity index (χ0) is 12.4. The average Bonchev–Trinajstić information content (AvgIpc) is 2.81. The average molecular weight is 258 g/mol. The van der Waals surface area contributed by atoms with Crippen LogP contribution in [0, 0.1) is 0 Å². The van der Waals surface area contributed by atoms with Crippen molar-refractivity contribution in [2.45, 2.75) is 6.54 Å². The van der Waals surface area contributed by atoms with Crippen molar-refractivity contribution in [1.82, 2.24) is 9.38 Å². The maximum Gasteiger partial charge on any atom is 0.137 e. The Bertz CT molecular complexity index is 625. The number of fused-ring (bicyclic) bond motifs is 1. The predicted octanol–water partition coefficient (Wildman–Crippen LogP) is 3.60. The van der Waals surface area contributed by atoms with Crippen LogP contribution in [0.1, 0.15) is 5.69 Å². The predicted molar refractivity (Wildman–Crippen MR) is 74.0 cm³/mol. The molecule has 18 heavy (non-hydrogen) atoms. The lowest BCUT2D eigenvalue weighted by Crippen LogP contribution is -1.99. The first kappa shape index (κ1) is 11.1. The molecule has 2 aromatic heterocycles. The fourth-order valence-electron chi connectivity index (χ4n) is 1.83. The SMILES string of the molecule is Clc1ccc(NCc2cn3ccccc3n2)cc1. The normalized spacial score (nSPS) is 10.7. The summed E-state index contributed by atoms with van der Waals surface area (Å²) in [6.45, 7) is 0.698. The van der Waals surface area contributed by atoms with Gasteiger partial charge in [0.05, 0.1) is 12.2 Å². The van der Waals surface area contributed by atoms with Crippen LogP contribution in [0.3, 0.4) is 0 Å². The van der Waals surface area contributed by atoms with Crippen LogP contribution in [0.25, 0.3) is 5.65 Å². The Hall–Kier alpha value is -2.00. The lowest BCUT2D eigenvalue weighted by Gasteiger charge is -2.03. The fraction of sp³-hybridized carbons (Fsp3) is 0.0714. The summed E-state index contributed by atoms with van der Waals surface area (Å²) in [5, 5.41) is 4.06. The molecule has 0 amide bonds. The lowest BCUT2D eigenvalue weighted by atomic mass is 10.3. The summed E-state index contributed by atoms with van der Waals surface area (Å²) in [5.41, 5.74) is 3.01. The van der Waals surface area contributed by atoms with Gasteiger partial charge in [0.15, 0.2) is 0 Å². The number of nitrogens with zero attached hydrogens (tertiary/aromatic N) is 2. The maximum absolute atomic E-state index is 5.84. The molecule has 0 bridgehead atoms. The van der Waals surface area contributed by atoms with Crippen molar-refractivity contribution < 1.29 is 0 Å². The van der Waals surface area contributed by atoms with Crippen LogP contribution in [-0.2, 0) is 6.54 Å². The zero-order valence-corrected chi connectivity index (χ0v) is 10.4. The molecule has 3 aromatic rings. The van der Waals surface area contributed by atoms with E-state index in [1.54, 1.807) is 0 Å². The minimum atomic E-state index is 0.698. The summed E-state index contributed by atoms with van der Waals surface area (Å²) in [4.78, 5) is 4.52. The molecule has 2 heterocycles. The molecule has 0 aliphatic rings. The Kier molecular flexibility index (Phi) is 2.90. The minimum absolute atomic E-state index is 0.698. The van der Waals surface area contributed by atoms with E-state index in [2.05, 4.69) is 10.3 Å². The van der Waals surface area contributed by atoms with E-state index in [0.717, 1.165) is 22.1 Å². The van der Waals surface area contributed by atoms with Crippen LogP contribution in [0.5, 0.6) is 0 Å². The van der Waals surface area contributed by atoms with Crippen LogP contribution in [-0.4, -0.2) is 9.38 Å². The van der Waals surface area contributed by atoms with Gasteiger partial charge in [-0.1, -0.05) is 17.7 Å².